The Kier molecular flexibility index (Phi) is 6.89. The molecule has 2 unspecified atom stereocenters. The van der Waals surface area contributed by atoms with Gasteiger partial charge in [0.2, 0.25) is 0 Å². The van der Waals surface area contributed by atoms with E-state index in [-0.39, 0.29) is 12.2 Å². The molecule has 3 nitrogen and oxygen atoms in total. The third kappa shape index (κ3) is 4.78. The van der Waals surface area contributed by atoms with E-state index < -0.39 is 0 Å². The summed E-state index contributed by atoms with van der Waals surface area (Å²) in [4.78, 5) is 0. The lowest BCUT2D eigenvalue weighted by Gasteiger charge is -2.34. The molecule has 9 aromatic rings. The molecule has 0 fully saturated rings. The van der Waals surface area contributed by atoms with E-state index in [1.54, 1.807) is 0 Å². The second kappa shape index (κ2) is 12.1. The molecular formula is C50H37N3. The highest BCUT2D eigenvalue weighted by Crippen LogP contribution is 2.45. The lowest BCUT2D eigenvalue weighted by molar-refractivity contribution is 0.445. The van der Waals surface area contributed by atoms with Gasteiger partial charge in [-0.1, -0.05) is 152 Å². The third-order valence-corrected chi connectivity index (χ3v) is 11.5. The molecule has 0 radical (unpaired) electrons. The van der Waals surface area contributed by atoms with Crippen LogP contribution in [-0.4, -0.2) is 4.57 Å². The van der Waals surface area contributed by atoms with Gasteiger partial charge in [-0.05, 0) is 91.9 Å². The first-order chi connectivity index (χ1) is 26.3. The molecule has 3 heteroatoms. The van der Waals surface area contributed by atoms with Gasteiger partial charge in [-0.15, -0.1) is 0 Å². The Balaban J connectivity index is 1.14. The second-order valence-electron chi connectivity index (χ2n) is 14.5. The van der Waals surface area contributed by atoms with E-state index in [4.69, 9.17) is 0 Å². The summed E-state index contributed by atoms with van der Waals surface area (Å²) in [5, 5.41) is 18.3. The summed E-state index contributed by atoms with van der Waals surface area (Å²) in [5.41, 5.74) is 11.2. The van der Waals surface area contributed by atoms with Crippen LogP contribution in [0.15, 0.2) is 170 Å². The molecule has 0 saturated heterocycles. The molecule has 2 atom stereocenters. The van der Waals surface area contributed by atoms with Gasteiger partial charge in [0.25, 0.3) is 0 Å². The number of nitrogens with one attached hydrogen (secondary N) is 2. The van der Waals surface area contributed by atoms with Gasteiger partial charge in [-0.2, -0.15) is 0 Å². The number of para-hydroxylation sites is 1. The predicted molar refractivity (Wildman–Crippen MR) is 223 cm³/mol. The van der Waals surface area contributed by atoms with Crippen LogP contribution in [0.5, 0.6) is 0 Å². The van der Waals surface area contributed by atoms with Crippen molar-refractivity contribution in [2.24, 2.45) is 0 Å². The largest absolute Gasteiger partial charge is 0.366 e. The molecule has 2 N–H and O–H groups in total. The summed E-state index contributed by atoms with van der Waals surface area (Å²) in [7, 11) is 0. The molecule has 2 heterocycles. The minimum absolute atomic E-state index is 0.0294. The van der Waals surface area contributed by atoms with Crippen LogP contribution in [-0.2, 0) is 6.42 Å². The molecule has 53 heavy (non-hydrogen) atoms. The maximum Gasteiger partial charge on any atom is 0.105 e. The highest BCUT2D eigenvalue weighted by atomic mass is 15.2. The minimum Gasteiger partial charge on any atom is -0.366 e. The Bertz CT molecular complexity index is 2960. The van der Waals surface area contributed by atoms with Crippen LogP contribution < -0.4 is 10.6 Å². The van der Waals surface area contributed by atoms with Crippen molar-refractivity contribution in [1.82, 2.24) is 15.2 Å². The molecule has 0 spiro atoms. The van der Waals surface area contributed by atoms with Gasteiger partial charge in [0.15, 0.2) is 0 Å². The van der Waals surface area contributed by atoms with Crippen LogP contribution in [0.2, 0.25) is 0 Å². The molecule has 2 aliphatic rings. The van der Waals surface area contributed by atoms with Crippen molar-refractivity contribution in [3.05, 3.63) is 198 Å². The Labute approximate surface area is 308 Å². The summed E-state index contributed by atoms with van der Waals surface area (Å²) in [6.45, 7) is 0. The standard InChI is InChI=1S/C50H37N3/c1-2-16-34(17-3-1)44-31-45(52-50(51-44)42-26-13-18-32-14-4-6-21-37(32)42)35-19-12-20-36(30-35)53-46-27-11-10-25-43(46)48-47-38-22-7-5-15-33(38)28-29-40(47)39-23-8-9-24-41(39)49(48)53/h1-4,6-14,16-31,45,50-52H,5,15H2. The van der Waals surface area contributed by atoms with Crippen LogP contribution in [0.4, 0.5) is 0 Å². The Morgan fingerprint density at radius 3 is 2.25 bits per heavy atom. The van der Waals surface area contributed by atoms with Gasteiger partial charge in [0.1, 0.15) is 6.17 Å². The van der Waals surface area contributed by atoms with Crippen molar-refractivity contribution in [3.63, 3.8) is 0 Å². The van der Waals surface area contributed by atoms with Crippen molar-refractivity contribution in [3.8, 4) is 5.69 Å². The average molecular weight is 680 g/mol. The predicted octanol–water partition coefficient (Wildman–Crippen LogP) is 12.2. The fourth-order valence-corrected chi connectivity index (χ4v) is 9.10. The lowest BCUT2D eigenvalue weighted by Crippen LogP contribution is -2.39. The van der Waals surface area contributed by atoms with Gasteiger partial charge < -0.3 is 9.88 Å². The molecule has 1 aliphatic carbocycles. The fraction of sp³-hybridized carbons (Fsp3) is 0.0800. The Morgan fingerprint density at radius 2 is 1.34 bits per heavy atom. The van der Waals surface area contributed by atoms with E-state index in [1.165, 1.54) is 81.9 Å². The molecular weight excluding hydrogens is 643 g/mol. The van der Waals surface area contributed by atoms with Crippen molar-refractivity contribution in [1.29, 1.82) is 0 Å². The highest BCUT2D eigenvalue weighted by molar-refractivity contribution is 6.33. The zero-order valence-corrected chi connectivity index (χ0v) is 29.3. The number of rotatable bonds is 4. The number of aromatic nitrogens is 1. The van der Waals surface area contributed by atoms with Crippen LogP contribution in [0.3, 0.4) is 0 Å². The molecule has 0 saturated carbocycles. The topological polar surface area (TPSA) is 29.0 Å². The van der Waals surface area contributed by atoms with Gasteiger partial charge in [0.05, 0.1) is 17.1 Å². The number of nitrogens with zero attached hydrogens (tertiary/aromatic N) is 1. The fourth-order valence-electron chi connectivity index (χ4n) is 9.10. The summed E-state index contributed by atoms with van der Waals surface area (Å²) in [5.74, 6) is 0. The van der Waals surface area contributed by atoms with Gasteiger partial charge in [-0.25, -0.2) is 0 Å². The van der Waals surface area contributed by atoms with Gasteiger partial charge in [0, 0.05) is 27.5 Å². The molecule has 0 amide bonds. The SMILES string of the molecule is C1=Cc2c(ccc3c4ccccc4c4c(c5ccccc5n4-c4cccc(C5C=C(c6ccccc6)NC(c6cccc7ccccc67)N5)c4)c23)CC1. The molecule has 0 bridgehead atoms. The summed E-state index contributed by atoms with van der Waals surface area (Å²) in [6.07, 6.45) is 9.16. The van der Waals surface area contributed by atoms with E-state index in [2.05, 4.69) is 191 Å². The smallest absolute Gasteiger partial charge is 0.105 e. The molecule has 1 aromatic heterocycles. The first-order valence-corrected chi connectivity index (χ1v) is 18.7. The summed E-state index contributed by atoms with van der Waals surface area (Å²) in [6, 6.07) is 57.8. The maximum atomic E-state index is 4.01. The van der Waals surface area contributed by atoms with Gasteiger partial charge >= 0.3 is 0 Å². The van der Waals surface area contributed by atoms with Crippen molar-refractivity contribution in [2.75, 3.05) is 0 Å². The summed E-state index contributed by atoms with van der Waals surface area (Å²) >= 11 is 0. The number of benzene rings is 8. The number of fused-ring (bicyclic) bond motifs is 11. The number of hydrogen-bond donors (Lipinski definition) is 2. The highest BCUT2D eigenvalue weighted by Gasteiger charge is 2.27. The van der Waals surface area contributed by atoms with Crippen LogP contribution in [0, 0.1) is 0 Å². The Hall–Kier alpha value is -6.42. The Morgan fingerprint density at radius 1 is 0.585 bits per heavy atom. The molecule has 1 aliphatic heterocycles. The van der Waals surface area contributed by atoms with Crippen LogP contribution >= 0.6 is 0 Å². The summed E-state index contributed by atoms with van der Waals surface area (Å²) < 4.78 is 2.52. The quantitative estimate of drug-likeness (QED) is 0.181. The number of allylic oxidation sites excluding steroid dienone is 1. The first kappa shape index (κ1) is 30.2. The van der Waals surface area contributed by atoms with Crippen molar-refractivity contribution < 1.29 is 0 Å². The first-order valence-electron chi connectivity index (χ1n) is 18.7. The molecule has 8 aromatic carbocycles. The van der Waals surface area contributed by atoms with E-state index in [0.717, 1.165) is 24.2 Å². The van der Waals surface area contributed by atoms with E-state index in [1.807, 2.05) is 0 Å². The monoisotopic (exact) mass is 679 g/mol. The maximum absolute atomic E-state index is 4.01. The molecule has 252 valence electrons. The van der Waals surface area contributed by atoms with Crippen molar-refractivity contribution in [2.45, 2.75) is 25.0 Å². The molecule has 11 rings (SSSR count). The van der Waals surface area contributed by atoms with Crippen LogP contribution in [0.1, 0.15) is 46.4 Å². The van der Waals surface area contributed by atoms with Crippen LogP contribution in [0.25, 0.3) is 71.6 Å². The number of hydrogen-bond acceptors (Lipinski definition) is 2. The number of aryl methyl sites for hydroxylation is 1. The van der Waals surface area contributed by atoms with E-state index in [0.29, 0.717) is 0 Å². The van der Waals surface area contributed by atoms with E-state index in [9.17, 15) is 0 Å². The lowest BCUT2D eigenvalue weighted by atomic mass is 9.87. The van der Waals surface area contributed by atoms with Crippen molar-refractivity contribution >= 4 is 65.9 Å². The van der Waals surface area contributed by atoms with E-state index >= 15 is 0 Å². The third-order valence-electron chi connectivity index (χ3n) is 11.5. The zero-order valence-electron chi connectivity index (χ0n) is 29.3. The minimum atomic E-state index is -0.0854. The zero-order chi connectivity index (χ0) is 34.9. The normalized spacial score (nSPS) is 17.0. The second-order valence-corrected chi connectivity index (χ2v) is 14.5. The average Bonchev–Trinajstić information content (AvgIpc) is 3.59. The van der Waals surface area contributed by atoms with Gasteiger partial charge in [-0.3, -0.25) is 5.32 Å².